The molecule has 5 nitrogen and oxygen atoms in total. The molecular weight excluding hydrogens is 405 g/mol. The lowest BCUT2D eigenvalue weighted by molar-refractivity contribution is 0.291. The van der Waals surface area contributed by atoms with Gasteiger partial charge in [0.15, 0.2) is 5.11 Å². The number of nitrogens with one attached hydrogen (secondary N) is 2. The Hall–Kier alpha value is -0.110. The topological polar surface area (TPSA) is 53.6 Å². The third-order valence-corrected chi connectivity index (χ3v) is 8.12. The molecular formula is C13H21BrN3O2PS2. The van der Waals surface area contributed by atoms with Crippen molar-refractivity contribution < 1.29 is 9.09 Å². The van der Waals surface area contributed by atoms with Gasteiger partial charge in [0.05, 0.1) is 6.61 Å². The highest BCUT2D eigenvalue weighted by molar-refractivity contribution is 9.10. The van der Waals surface area contributed by atoms with Crippen LogP contribution in [0, 0.1) is 0 Å². The molecule has 0 saturated carbocycles. The molecule has 0 aliphatic rings. The van der Waals surface area contributed by atoms with Crippen LogP contribution in [0.2, 0.25) is 0 Å². The van der Waals surface area contributed by atoms with E-state index in [0.29, 0.717) is 11.7 Å². The maximum atomic E-state index is 12.8. The lowest BCUT2D eigenvalue weighted by atomic mass is 10.3. The summed E-state index contributed by atoms with van der Waals surface area (Å²) in [6, 6.07) is 7.62. The van der Waals surface area contributed by atoms with Gasteiger partial charge >= 0.3 is 6.72 Å². The number of hydrogen-bond acceptors (Lipinski definition) is 4. The summed E-state index contributed by atoms with van der Waals surface area (Å²) in [4.78, 5) is 0. The Bertz CT molecular complexity index is 531. The van der Waals surface area contributed by atoms with Crippen LogP contribution in [0.25, 0.3) is 0 Å². The monoisotopic (exact) mass is 425 g/mol. The van der Waals surface area contributed by atoms with Gasteiger partial charge in [-0.05, 0) is 49.8 Å². The highest BCUT2D eigenvalue weighted by Gasteiger charge is 2.30. The molecule has 124 valence electrons. The summed E-state index contributed by atoms with van der Waals surface area (Å²) in [7, 11) is 1.68. The van der Waals surface area contributed by atoms with E-state index in [2.05, 4.69) is 26.7 Å². The van der Waals surface area contributed by atoms with E-state index in [1.807, 2.05) is 38.1 Å². The van der Waals surface area contributed by atoms with Gasteiger partial charge in [0.25, 0.3) is 0 Å². The predicted molar refractivity (Wildman–Crippen MR) is 103 cm³/mol. The first-order chi connectivity index (χ1) is 10.4. The van der Waals surface area contributed by atoms with E-state index in [0.717, 1.165) is 22.3 Å². The molecule has 0 saturated heterocycles. The van der Waals surface area contributed by atoms with Crippen LogP contribution in [-0.4, -0.2) is 29.3 Å². The molecule has 0 spiro atoms. The first-order valence-electron chi connectivity index (χ1n) is 6.87. The minimum atomic E-state index is -2.99. The molecule has 0 aliphatic carbocycles. The minimum Gasteiger partial charge on any atom is -0.332 e. The van der Waals surface area contributed by atoms with Gasteiger partial charge in [-0.1, -0.05) is 34.2 Å². The lowest BCUT2D eigenvalue weighted by Crippen LogP contribution is -2.39. The van der Waals surface area contributed by atoms with Crippen LogP contribution >= 0.6 is 46.3 Å². The zero-order chi connectivity index (χ0) is 16.6. The van der Waals surface area contributed by atoms with E-state index in [-0.39, 0.29) is 0 Å². The molecule has 22 heavy (non-hydrogen) atoms. The maximum Gasteiger partial charge on any atom is 0.346 e. The number of anilines is 1. The van der Waals surface area contributed by atoms with Crippen molar-refractivity contribution in [3.05, 3.63) is 28.7 Å². The molecule has 2 N–H and O–H groups in total. The normalized spacial score (nSPS) is 13.7. The highest BCUT2D eigenvalue weighted by atomic mass is 79.9. The zero-order valence-corrected chi connectivity index (χ0v) is 16.9. The minimum absolute atomic E-state index is 0.363. The molecule has 0 aromatic heterocycles. The van der Waals surface area contributed by atoms with Crippen molar-refractivity contribution in [1.29, 1.82) is 0 Å². The summed E-state index contributed by atoms with van der Waals surface area (Å²) in [6.45, 7) is 1.26. The fraction of sp³-hybridized carbons (Fsp3) is 0.462. The van der Waals surface area contributed by atoms with E-state index in [9.17, 15) is 4.57 Å². The molecule has 1 atom stereocenters. The first-order valence-corrected chi connectivity index (χ1v) is 11.2. The summed E-state index contributed by atoms with van der Waals surface area (Å²) in [5.41, 5.74) is 3.76. The highest BCUT2D eigenvalue weighted by Crippen LogP contribution is 2.60. The van der Waals surface area contributed by atoms with Crippen LogP contribution < -0.4 is 10.7 Å². The van der Waals surface area contributed by atoms with Crippen molar-refractivity contribution in [2.24, 2.45) is 0 Å². The van der Waals surface area contributed by atoms with Crippen molar-refractivity contribution in [2.45, 2.75) is 20.3 Å². The second-order valence-corrected chi connectivity index (χ2v) is 10.3. The Balaban J connectivity index is 2.63. The Morgan fingerprint density at radius 1 is 1.41 bits per heavy atom. The van der Waals surface area contributed by atoms with E-state index in [1.54, 1.807) is 7.05 Å². The molecule has 0 heterocycles. The number of nitrogens with zero attached hydrogens (tertiary/aromatic N) is 1. The molecule has 0 fully saturated rings. The Morgan fingerprint density at radius 2 is 2.05 bits per heavy atom. The molecule has 0 radical (unpaired) electrons. The number of hydrogen-bond donors (Lipinski definition) is 2. The number of thiocarbonyl (C=S) groups is 1. The Labute approximate surface area is 149 Å². The summed E-state index contributed by atoms with van der Waals surface area (Å²) < 4.78 is 20.7. The fourth-order valence-corrected chi connectivity index (χ4v) is 5.87. The van der Waals surface area contributed by atoms with E-state index in [4.69, 9.17) is 16.7 Å². The third kappa shape index (κ3) is 6.56. The van der Waals surface area contributed by atoms with Crippen LogP contribution in [-0.2, 0) is 9.09 Å². The standard InChI is InChI=1S/C13H21BrN3O2PS2/c1-4-10-22-20(18,19-5-2)17(3)16-13(21)15-12-8-6-11(14)7-9-12/h6-9H,4-5,10H2,1-3H3,(H2,15,16,21). The van der Waals surface area contributed by atoms with Crippen LogP contribution in [0.4, 0.5) is 5.69 Å². The molecule has 0 aliphatic heterocycles. The number of benzene rings is 1. The van der Waals surface area contributed by atoms with Gasteiger partial charge in [0, 0.05) is 23.0 Å². The first kappa shape index (κ1) is 19.9. The summed E-state index contributed by atoms with van der Waals surface area (Å²) >= 11 is 9.94. The lowest BCUT2D eigenvalue weighted by Gasteiger charge is -2.27. The van der Waals surface area contributed by atoms with Crippen molar-refractivity contribution in [3.63, 3.8) is 0 Å². The van der Waals surface area contributed by atoms with Crippen LogP contribution in [0.1, 0.15) is 20.3 Å². The smallest absolute Gasteiger partial charge is 0.332 e. The van der Waals surface area contributed by atoms with Gasteiger partial charge in [-0.25, -0.2) is 0 Å². The van der Waals surface area contributed by atoms with Gasteiger partial charge in [0.2, 0.25) is 0 Å². The average molecular weight is 426 g/mol. The van der Waals surface area contributed by atoms with E-state index in [1.165, 1.54) is 16.2 Å². The largest absolute Gasteiger partial charge is 0.346 e. The molecule has 0 bridgehead atoms. The van der Waals surface area contributed by atoms with E-state index >= 15 is 0 Å². The van der Waals surface area contributed by atoms with Crippen molar-refractivity contribution in [1.82, 2.24) is 10.2 Å². The summed E-state index contributed by atoms with van der Waals surface area (Å²) in [5.74, 6) is 0.760. The van der Waals surface area contributed by atoms with Gasteiger partial charge in [-0.3, -0.25) is 9.99 Å². The van der Waals surface area contributed by atoms with Gasteiger partial charge in [-0.15, -0.1) is 4.78 Å². The molecule has 1 aromatic carbocycles. The fourth-order valence-electron chi connectivity index (χ4n) is 1.48. The average Bonchev–Trinajstić information content (AvgIpc) is 2.47. The number of halogens is 1. The third-order valence-electron chi connectivity index (χ3n) is 2.48. The number of hydrazine groups is 1. The quantitative estimate of drug-likeness (QED) is 0.350. The molecule has 9 heteroatoms. The van der Waals surface area contributed by atoms with Gasteiger partial charge in [0.1, 0.15) is 0 Å². The predicted octanol–water partition coefficient (Wildman–Crippen LogP) is 4.87. The van der Waals surface area contributed by atoms with Gasteiger partial charge in [-0.2, -0.15) is 0 Å². The SMILES string of the molecule is CCCSP(=O)(OCC)N(C)NC(=S)Nc1ccc(Br)cc1. The second-order valence-electron chi connectivity index (χ2n) is 4.32. The maximum absolute atomic E-state index is 12.8. The summed E-state index contributed by atoms with van der Waals surface area (Å²) in [6.07, 6.45) is 0.928. The Morgan fingerprint density at radius 3 is 2.59 bits per heavy atom. The molecule has 1 rings (SSSR count). The van der Waals surface area contributed by atoms with Gasteiger partial charge < -0.3 is 9.84 Å². The zero-order valence-electron chi connectivity index (χ0n) is 12.8. The van der Waals surface area contributed by atoms with Crippen LogP contribution in [0.5, 0.6) is 0 Å². The van der Waals surface area contributed by atoms with Crippen molar-refractivity contribution >= 4 is 57.1 Å². The second kappa shape index (κ2) is 9.90. The van der Waals surface area contributed by atoms with Crippen LogP contribution in [0.3, 0.4) is 0 Å². The van der Waals surface area contributed by atoms with Crippen LogP contribution in [0.15, 0.2) is 28.7 Å². The Kier molecular flexibility index (Phi) is 8.97. The molecule has 1 aromatic rings. The molecule has 1 unspecified atom stereocenters. The van der Waals surface area contributed by atoms with Crippen molar-refractivity contribution in [3.8, 4) is 0 Å². The molecule has 0 amide bonds. The number of rotatable bonds is 8. The van der Waals surface area contributed by atoms with Crippen molar-refractivity contribution in [2.75, 3.05) is 24.7 Å². The summed E-state index contributed by atoms with van der Waals surface area (Å²) in [5, 5.41) is 3.41. The van der Waals surface area contributed by atoms with E-state index < -0.39 is 6.72 Å².